The van der Waals surface area contributed by atoms with E-state index in [1.54, 1.807) is 0 Å². The number of hydrogen-bond donors (Lipinski definition) is 4. The van der Waals surface area contributed by atoms with Crippen molar-refractivity contribution >= 4 is 23.9 Å². The van der Waals surface area contributed by atoms with Crippen LogP contribution in [-0.4, -0.2) is 44.3 Å². The molecule has 0 fully saturated rings. The van der Waals surface area contributed by atoms with Crippen molar-refractivity contribution in [2.24, 2.45) is 0 Å². The van der Waals surface area contributed by atoms with Gasteiger partial charge >= 0.3 is 23.9 Å². The van der Waals surface area contributed by atoms with E-state index in [0.717, 1.165) is 0 Å². The number of hydrogen-bond acceptors (Lipinski definition) is 4. The van der Waals surface area contributed by atoms with Crippen LogP contribution in [0.3, 0.4) is 0 Å². The second-order valence-electron chi connectivity index (χ2n) is 2.80. The largest absolute Gasteiger partial charge is 0.478 e. The van der Waals surface area contributed by atoms with Crippen LogP contribution < -0.4 is 0 Å². The van der Waals surface area contributed by atoms with E-state index in [9.17, 15) is 19.2 Å². The quantitative estimate of drug-likeness (QED) is 0.459. The number of aliphatic carboxylic acids is 4. The second kappa shape index (κ2) is 6.05. The molecule has 0 bridgehead atoms. The molecule has 0 amide bonds. The summed E-state index contributed by atoms with van der Waals surface area (Å²) in [5.74, 6) is -6.40. The molecule has 0 radical (unpaired) electrons. The smallest absolute Gasteiger partial charge is 0.332 e. The maximum Gasteiger partial charge on any atom is 0.332 e. The molecule has 0 spiro atoms. The molecule has 0 heterocycles. The normalized spacial score (nSPS) is 12.0. The summed E-state index contributed by atoms with van der Waals surface area (Å²) in [5.41, 5.74) is -1.46. The zero-order valence-corrected chi connectivity index (χ0v) is 8.28. The Kier molecular flexibility index (Phi) is 5.11. The van der Waals surface area contributed by atoms with E-state index in [0.29, 0.717) is 12.2 Å². The number of rotatable bonds is 6. The Morgan fingerprint density at radius 3 is 1.18 bits per heavy atom. The fourth-order valence-electron chi connectivity index (χ4n) is 0.880. The molecule has 0 unspecified atom stereocenters. The van der Waals surface area contributed by atoms with Gasteiger partial charge in [0.15, 0.2) is 0 Å². The third-order valence-corrected chi connectivity index (χ3v) is 1.53. The van der Waals surface area contributed by atoms with Gasteiger partial charge in [0.05, 0.1) is 0 Å². The molecule has 0 aromatic carbocycles. The fraction of sp³-hybridized carbons (Fsp3) is 0.111. The van der Waals surface area contributed by atoms with Gasteiger partial charge in [-0.05, 0) is 0 Å². The molecule has 8 heteroatoms. The summed E-state index contributed by atoms with van der Waals surface area (Å²) in [6, 6.07) is 0. The van der Waals surface area contributed by atoms with Crippen molar-refractivity contribution in [3.8, 4) is 0 Å². The molecule has 0 aliphatic carbocycles. The number of carboxylic acid groups (broad SMARTS) is 4. The van der Waals surface area contributed by atoms with Crippen LogP contribution >= 0.6 is 0 Å². The van der Waals surface area contributed by atoms with Crippen molar-refractivity contribution < 1.29 is 39.6 Å². The highest BCUT2D eigenvalue weighted by Gasteiger charge is 2.17. The predicted molar refractivity (Wildman–Crippen MR) is 51.3 cm³/mol. The summed E-state index contributed by atoms with van der Waals surface area (Å²) < 4.78 is 0. The standard InChI is InChI=1S/C9H8O8/c10-6(11)2-4(8(14)15)1-5(9(16)17)3-7(12)13/h2-3H,1H2,(H,10,11)(H,12,13)(H,14,15)(H,16,17)/b4-2-,5-3-. The van der Waals surface area contributed by atoms with Gasteiger partial charge in [0.25, 0.3) is 0 Å². The molecule has 0 rings (SSSR count). The molecule has 0 aliphatic rings. The third kappa shape index (κ3) is 5.72. The maximum atomic E-state index is 10.6. The zero-order chi connectivity index (χ0) is 13.6. The molecule has 8 nitrogen and oxygen atoms in total. The van der Waals surface area contributed by atoms with Gasteiger partial charge in [-0.3, -0.25) is 0 Å². The molecule has 0 atom stereocenters. The highest BCUT2D eigenvalue weighted by atomic mass is 16.4. The van der Waals surface area contributed by atoms with Gasteiger partial charge in [-0.25, -0.2) is 19.2 Å². The predicted octanol–water partition coefficient (Wildman–Crippen LogP) is -0.432. The molecule has 92 valence electrons. The SMILES string of the molecule is O=C(O)/C=C(/C/C(=C/C(=O)O)C(=O)O)C(=O)O. The fourth-order valence-corrected chi connectivity index (χ4v) is 0.880. The second-order valence-corrected chi connectivity index (χ2v) is 2.80. The summed E-state index contributed by atoms with van der Waals surface area (Å²) in [6.07, 6.45) is -0.189. The Morgan fingerprint density at radius 1 is 0.706 bits per heavy atom. The van der Waals surface area contributed by atoms with E-state index < -0.39 is 41.4 Å². The Labute approximate surface area is 94.1 Å². The van der Waals surface area contributed by atoms with E-state index >= 15 is 0 Å². The van der Waals surface area contributed by atoms with E-state index in [1.165, 1.54) is 0 Å². The molecule has 0 saturated heterocycles. The number of carbonyl (C=O) groups is 4. The van der Waals surface area contributed by atoms with Crippen LogP contribution in [0, 0.1) is 0 Å². The Bertz CT molecular complexity index is 388. The van der Waals surface area contributed by atoms with Gasteiger partial charge in [-0.1, -0.05) is 0 Å². The molecular formula is C9H8O8. The average molecular weight is 244 g/mol. The van der Waals surface area contributed by atoms with Crippen molar-refractivity contribution in [1.82, 2.24) is 0 Å². The lowest BCUT2D eigenvalue weighted by molar-refractivity contribution is -0.136. The van der Waals surface area contributed by atoms with Crippen molar-refractivity contribution in [3.63, 3.8) is 0 Å². The monoisotopic (exact) mass is 244 g/mol. The lowest BCUT2D eigenvalue weighted by Crippen LogP contribution is -2.10. The van der Waals surface area contributed by atoms with Crippen molar-refractivity contribution in [2.45, 2.75) is 6.42 Å². The van der Waals surface area contributed by atoms with Gasteiger partial charge in [0.2, 0.25) is 0 Å². The van der Waals surface area contributed by atoms with Gasteiger partial charge in [-0.15, -0.1) is 0 Å². The first-order chi connectivity index (χ1) is 7.73. The van der Waals surface area contributed by atoms with E-state index in [2.05, 4.69) is 0 Å². The summed E-state index contributed by atoms with van der Waals surface area (Å²) in [7, 11) is 0. The molecule has 0 saturated carbocycles. The van der Waals surface area contributed by atoms with E-state index in [1.807, 2.05) is 0 Å². The van der Waals surface area contributed by atoms with E-state index in [-0.39, 0.29) is 0 Å². The summed E-state index contributed by atoms with van der Waals surface area (Å²) in [6.45, 7) is 0. The molecule has 0 aliphatic heterocycles. The van der Waals surface area contributed by atoms with Crippen LogP contribution in [0.2, 0.25) is 0 Å². The zero-order valence-electron chi connectivity index (χ0n) is 8.28. The van der Waals surface area contributed by atoms with Gasteiger partial charge in [0, 0.05) is 29.7 Å². The van der Waals surface area contributed by atoms with Crippen molar-refractivity contribution in [3.05, 3.63) is 23.3 Å². The molecule has 4 N–H and O–H groups in total. The van der Waals surface area contributed by atoms with Crippen LogP contribution in [0.25, 0.3) is 0 Å². The average Bonchev–Trinajstić information content (AvgIpc) is 2.13. The van der Waals surface area contributed by atoms with Crippen LogP contribution in [0.4, 0.5) is 0 Å². The first kappa shape index (κ1) is 14.4. The number of carboxylic acids is 4. The van der Waals surface area contributed by atoms with Crippen LogP contribution in [0.1, 0.15) is 6.42 Å². The minimum Gasteiger partial charge on any atom is -0.478 e. The Morgan fingerprint density at radius 2 is 1.00 bits per heavy atom. The van der Waals surface area contributed by atoms with Crippen LogP contribution in [0.5, 0.6) is 0 Å². The molecule has 0 aromatic heterocycles. The Hall–Kier alpha value is -2.64. The highest BCUT2D eigenvalue weighted by Crippen LogP contribution is 2.12. The topological polar surface area (TPSA) is 149 Å². The minimum absolute atomic E-state index is 0.307. The highest BCUT2D eigenvalue weighted by molar-refractivity contribution is 5.99. The third-order valence-electron chi connectivity index (χ3n) is 1.53. The summed E-state index contributed by atoms with van der Waals surface area (Å²) in [4.78, 5) is 41.7. The van der Waals surface area contributed by atoms with E-state index in [4.69, 9.17) is 20.4 Å². The summed E-state index contributed by atoms with van der Waals surface area (Å²) >= 11 is 0. The molecule has 17 heavy (non-hydrogen) atoms. The lowest BCUT2D eigenvalue weighted by Gasteiger charge is -2.02. The van der Waals surface area contributed by atoms with Crippen molar-refractivity contribution in [1.29, 1.82) is 0 Å². The van der Waals surface area contributed by atoms with Gasteiger partial charge in [-0.2, -0.15) is 0 Å². The maximum absolute atomic E-state index is 10.6. The molecule has 0 aromatic rings. The van der Waals surface area contributed by atoms with Gasteiger partial charge in [0.1, 0.15) is 0 Å². The van der Waals surface area contributed by atoms with Gasteiger partial charge < -0.3 is 20.4 Å². The lowest BCUT2D eigenvalue weighted by atomic mass is 10.0. The first-order valence-corrected chi connectivity index (χ1v) is 4.07. The Balaban J connectivity index is 5.22. The minimum atomic E-state index is -1.63. The molecular weight excluding hydrogens is 236 g/mol. The first-order valence-electron chi connectivity index (χ1n) is 4.07. The van der Waals surface area contributed by atoms with Crippen LogP contribution in [0.15, 0.2) is 23.3 Å². The van der Waals surface area contributed by atoms with Crippen LogP contribution in [-0.2, 0) is 19.2 Å². The summed E-state index contributed by atoms with van der Waals surface area (Å²) in [5, 5.41) is 33.9. The van der Waals surface area contributed by atoms with Crippen molar-refractivity contribution in [2.75, 3.05) is 0 Å².